The minimum atomic E-state index is -0.556. The van der Waals surface area contributed by atoms with Gasteiger partial charge in [0.05, 0.1) is 24.1 Å². The van der Waals surface area contributed by atoms with Crippen LogP contribution in [0.25, 0.3) is 0 Å². The minimum absolute atomic E-state index is 0.0792. The first-order chi connectivity index (χ1) is 12.2. The van der Waals surface area contributed by atoms with Crippen molar-refractivity contribution in [3.63, 3.8) is 0 Å². The SMILES string of the molecule is O=C1N[C@@H](c2ccccc2)[C@H](O)C[C@]12CCCN(Cc1nccs1)C2. The third kappa shape index (κ3) is 3.34. The van der Waals surface area contributed by atoms with E-state index in [1.54, 1.807) is 11.3 Å². The second kappa shape index (κ2) is 6.86. The average molecular weight is 357 g/mol. The first-order valence-corrected chi connectivity index (χ1v) is 9.69. The number of rotatable bonds is 3. The zero-order chi connectivity index (χ0) is 17.3. The van der Waals surface area contributed by atoms with Crippen molar-refractivity contribution in [3.8, 4) is 0 Å². The molecule has 3 heterocycles. The van der Waals surface area contributed by atoms with Gasteiger partial charge in [0.25, 0.3) is 0 Å². The van der Waals surface area contributed by atoms with Gasteiger partial charge in [-0.05, 0) is 31.4 Å². The van der Waals surface area contributed by atoms with Crippen LogP contribution >= 0.6 is 11.3 Å². The standard InChI is InChI=1S/C19H23N3O2S/c23-15-11-19(18(24)21-17(15)14-5-2-1-3-6-14)7-4-9-22(13-19)12-16-20-8-10-25-16/h1-3,5-6,8,10,15,17,23H,4,7,9,11-13H2,(H,21,24)/t15-,17+,19+/m1/s1. The predicted molar refractivity (Wildman–Crippen MR) is 97.0 cm³/mol. The molecule has 0 saturated carbocycles. The van der Waals surface area contributed by atoms with E-state index in [9.17, 15) is 9.90 Å². The van der Waals surface area contributed by atoms with Crippen molar-refractivity contribution in [2.24, 2.45) is 5.41 Å². The van der Waals surface area contributed by atoms with Crippen LogP contribution in [-0.4, -0.2) is 40.1 Å². The molecule has 1 aromatic heterocycles. The van der Waals surface area contributed by atoms with Crippen LogP contribution in [0, 0.1) is 5.41 Å². The molecule has 1 amide bonds. The number of aliphatic hydroxyl groups is 1. The molecule has 2 saturated heterocycles. The molecule has 0 aliphatic carbocycles. The Balaban J connectivity index is 1.49. The monoisotopic (exact) mass is 357 g/mol. The summed E-state index contributed by atoms with van der Waals surface area (Å²) in [5.74, 6) is 0.0792. The molecular formula is C19H23N3O2S. The number of piperidine rings is 2. The highest BCUT2D eigenvalue weighted by molar-refractivity contribution is 7.09. The van der Waals surface area contributed by atoms with Gasteiger partial charge in [-0.3, -0.25) is 9.69 Å². The van der Waals surface area contributed by atoms with Crippen LogP contribution in [0.2, 0.25) is 0 Å². The van der Waals surface area contributed by atoms with Crippen molar-refractivity contribution in [1.82, 2.24) is 15.2 Å². The average Bonchev–Trinajstić information content (AvgIpc) is 3.12. The van der Waals surface area contributed by atoms with E-state index < -0.39 is 11.5 Å². The van der Waals surface area contributed by atoms with E-state index in [0.717, 1.165) is 36.5 Å². The van der Waals surface area contributed by atoms with Crippen LogP contribution in [0.4, 0.5) is 0 Å². The van der Waals surface area contributed by atoms with Crippen molar-refractivity contribution in [3.05, 3.63) is 52.5 Å². The summed E-state index contributed by atoms with van der Waals surface area (Å²) in [7, 11) is 0. The Morgan fingerprint density at radius 1 is 1.36 bits per heavy atom. The second-order valence-electron chi connectivity index (χ2n) is 7.15. The van der Waals surface area contributed by atoms with E-state index in [4.69, 9.17) is 0 Å². The van der Waals surface area contributed by atoms with Crippen LogP contribution in [0.5, 0.6) is 0 Å². The number of carbonyl (C=O) groups excluding carboxylic acids is 1. The molecule has 0 bridgehead atoms. The highest BCUT2D eigenvalue weighted by atomic mass is 32.1. The Morgan fingerprint density at radius 2 is 2.20 bits per heavy atom. The number of benzene rings is 1. The zero-order valence-corrected chi connectivity index (χ0v) is 14.9. The normalized spacial score (nSPS) is 30.4. The number of aliphatic hydroxyl groups excluding tert-OH is 1. The largest absolute Gasteiger partial charge is 0.391 e. The lowest BCUT2D eigenvalue weighted by Crippen LogP contribution is -2.59. The lowest BCUT2D eigenvalue weighted by Gasteiger charge is -2.47. The highest BCUT2D eigenvalue weighted by Crippen LogP contribution is 2.41. The van der Waals surface area contributed by atoms with Gasteiger partial charge < -0.3 is 10.4 Å². The summed E-state index contributed by atoms with van der Waals surface area (Å²) in [6.45, 7) is 2.45. The number of nitrogens with zero attached hydrogens (tertiary/aromatic N) is 2. The number of likely N-dealkylation sites (tertiary alicyclic amines) is 1. The van der Waals surface area contributed by atoms with Crippen LogP contribution in [0.1, 0.15) is 35.9 Å². The number of amides is 1. The molecule has 1 aromatic carbocycles. The molecule has 0 unspecified atom stereocenters. The first kappa shape index (κ1) is 16.7. The molecular weight excluding hydrogens is 334 g/mol. The molecule has 2 aliphatic rings. The Bertz CT molecular complexity index is 722. The Labute approximate surface area is 151 Å². The van der Waals surface area contributed by atoms with E-state index in [1.807, 2.05) is 41.9 Å². The number of hydrogen-bond acceptors (Lipinski definition) is 5. The van der Waals surface area contributed by atoms with Crippen molar-refractivity contribution in [2.75, 3.05) is 13.1 Å². The van der Waals surface area contributed by atoms with Gasteiger partial charge in [0.1, 0.15) is 5.01 Å². The number of hydrogen-bond donors (Lipinski definition) is 2. The first-order valence-electron chi connectivity index (χ1n) is 8.81. The molecule has 25 heavy (non-hydrogen) atoms. The molecule has 0 radical (unpaired) electrons. The van der Waals surface area contributed by atoms with Crippen LogP contribution in [0.15, 0.2) is 41.9 Å². The van der Waals surface area contributed by atoms with Crippen LogP contribution in [-0.2, 0) is 11.3 Å². The number of thiazole rings is 1. The smallest absolute Gasteiger partial charge is 0.228 e. The summed E-state index contributed by atoms with van der Waals surface area (Å²) in [5.41, 5.74) is 0.480. The molecule has 132 valence electrons. The fourth-order valence-electron chi connectivity index (χ4n) is 4.20. The quantitative estimate of drug-likeness (QED) is 0.885. The van der Waals surface area contributed by atoms with E-state index in [1.165, 1.54) is 0 Å². The second-order valence-corrected chi connectivity index (χ2v) is 8.13. The third-order valence-electron chi connectivity index (χ3n) is 5.41. The van der Waals surface area contributed by atoms with E-state index >= 15 is 0 Å². The van der Waals surface area contributed by atoms with Gasteiger partial charge in [0, 0.05) is 18.1 Å². The van der Waals surface area contributed by atoms with Crippen molar-refractivity contribution in [1.29, 1.82) is 0 Å². The summed E-state index contributed by atoms with van der Waals surface area (Å²) in [6.07, 6.45) is 3.60. The molecule has 2 aliphatic heterocycles. The summed E-state index contributed by atoms with van der Waals surface area (Å²) >= 11 is 1.65. The van der Waals surface area contributed by atoms with Gasteiger partial charge in [-0.15, -0.1) is 11.3 Å². The molecule has 3 atom stereocenters. The van der Waals surface area contributed by atoms with Crippen LogP contribution in [0.3, 0.4) is 0 Å². The van der Waals surface area contributed by atoms with Gasteiger partial charge in [-0.1, -0.05) is 30.3 Å². The van der Waals surface area contributed by atoms with Gasteiger partial charge in [0.15, 0.2) is 0 Å². The maximum atomic E-state index is 13.0. The third-order valence-corrected chi connectivity index (χ3v) is 6.17. The molecule has 6 heteroatoms. The van der Waals surface area contributed by atoms with Gasteiger partial charge in [-0.2, -0.15) is 0 Å². The predicted octanol–water partition coefficient (Wildman–Crippen LogP) is 2.35. The summed E-state index contributed by atoms with van der Waals surface area (Å²) in [5, 5.41) is 16.9. The molecule has 2 aromatic rings. The van der Waals surface area contributed by atoms with Gasteiger partial charge >= 0.3 is 0 Å². The fourth-order valence-corrected chi connectivity index (χ4v) is 4.86. The molecule has 2 N–H and O–H groups in total. The summed E-state index contributed by atoms with van der Waals surface area (Å²) in [6, 6.07) is 9.43. The Morgan fingerprint density at radius 3 is 2.96 bits per heavy atom. The van der Waals surface area contributed by atoms with Gasteiger partial charge in [0.2, 0.25) is 5.91 Å². The van der Waals surface area contributed by atoms with E-state index in [0.29, 0.717) is 13.0 Å². The lowest BCUT2D eigenvalue weighted by atomic mass is 9.70. The lowest BCUT2D eigenvalue weighted by molar-refractivity contribution is -0.145. The minimum Gasteiger partial charge on any atom is -0.391 e. The van der Waals surface area contributed by atoms with Crippen molar-refractivity contribution >= 4 is 17.2 Å². The van der Waals surface area contributed by atoms with Gasteiger partial charge in [-0.25, -0.2) is 4.98 Å². The number of nitrogens with one attached hydrogen (secondary N) is 1. The molecule has 1 spiro atoms. The zero-order valence-electron chi connectivity index (χ0n) is 14.1. The number of carbonyl (C=O) groups is 1. The topological polar surface area (TPSA) is 65.5 Å². The summed E-state index contributed by atoms with van der Waals surface area (Å²) in [4.78, 5) is 19.6. The van der Waals surface area contributed by atoms with Crippen molar-refractivity contribution < 1.29 is 9.90 Å². The van der Waals surface area contributed by atoms with E-state index in [2.05, 4.69) is 15.2 Å². The maximum Gasteiger partial charge on any atom is 0.228 e. The Hall–Kier alpha value is -1.76. The van der Waals surface area contributed by atoms with E-state index in [-0.39, 0.29) is 11.9 Å². The molecule has 4 rings (SSSR count). The Kier molecular flexibility index (Phi) is 4.58. The number of aromatic nitrogens is 1. The molecule has 2 fully saturated rings. The summed E-state index contributed by atoms with van der Waals surface area (Å²) < 4.78 is 0. The molecule has 5 nitrogen and oxygen atoms in total. The van der Waals surface area contributed by atoms with Crippen molar-refractivity contribution in [2.45, 2.75) is 38.0 Å². The fraction of sp³-hybridized carbons (Fsp3) is 0.474. The highest BCUT2D eigenvalue weighted by Gasteiger charge is 2.49. The maximum absolute atomic E-state index is 13.0. The van der Waals surface area contributed by atoms with Crippen LogP contribution < -0.4 is 5.32 Å².